The van der Waals surface area contributed by atoms with Crippen LogP contribution in [-0.2, 0) is 13.6 Å². The molecular formula is C10H11ClN4. The molecule has 4 nitrogen and oxygen atoms in total. The predicted molar refractivity (Wildman–Crippen MR) is 59.8 cm³/mol. The van der Waals surface area contributed by atoms with Crippen LogP contribution in [-0.4, -0.2) is 14.8 Å². The topological polar surface area (TPSA) is 42.7 Å². The second kappa shape index (κ2) is 4.31. The Labute approximate surface area is 92.9 Å². The van der Waals surface area contributed by atoms with Gasteiger partial charge in [-0.25, -0.2) is 4.98 Å². The zero-order valence-corrected chi connectivity index (χ0v) is 9.07. The highest BCUT2D eigenvalue weighted by molar-refractivity contribution is 6.30. The van der Waals surface area contributed by atoms with Crippen LogP contribution < -0.4 is 5.32 Å². The smallest absolute Gasteiger partial charge is 0.148 e. The maximum absolute atomic E-state index is 5.92. The highest BCUT2D eigenvalue weighted by atomic mass is 35.5. The van der Waals surface area contributed by atoms with Crippen LogP contribution in [0.5, 0.6) is 0 Å². The van der Waals surface area contributed by atoms with E-state index in [-0.39, 0.29) is 0 Å². The Morgan fingerprint density at radius 2 is 2.33 bits per heavy atom. The molecule has 0 aromatic carbocycles. The molecule has 0 aliphatic rings. The monoisotopic (exact) mass is 222 g/mol. The lowest BCUT2D eigenvalue weighted by Gasteiger charge is -2.03. The molecular weight excluding hydrogens is 212 g/mol. The molecule has 0 unspecified atom stereocenters. The molecule has 0 saturated carbocycles. The molecule has 78 valence electrons. The van der Waals surface area contributed by atoms with Gasteiger partial charge in [0.2, 0.25) is 0 Å². The standard InChI is InChI=1S/C10H11ClN4/c1-15-6-4-9(14-15)13-7-8-3-2-5-12-10(8)11/h2-6H,7H2,1H3,(H,13,14). The van der Waals surface area contributed by atoms with Gasteiger partial charge < -0.3 is 5.32 Å². The van der Waals surface area contributed by atoms with E-state index in [4.69, 9.17) is 11.6 Å². The SMILES string of the molecule is Cn1ccc(NCc2cccnc2Cl)n1. The molecule has 0 saturated heterocycles. The van der Waals surface area contributed by atoms with E-state index in [1.54, 1.807) is 10.9 Å². The number of pyridine rings is 1. The van der Waals surface area contributed by atoms with Gasteiger partial charge in [-0.15, -0.1) is 0 Å². The Hall–Kier alpha value is -1.55. The van der Waals surface area contributed by atoms with E-state index in [1.807, 2.05) is 31.4 Å². The Balaban J connectivity index is 2.02. The molecule has 2 rings (SSSR count). The summed E-state index contributed by atoms with van der Waals surface area (Å²) in [6, 6.07) is 5.71. The average Bonchev–Trinajstić information content (AvgIpc) is 2.63. The van der Waals surface area contributed by atoms with Crippen LogP contribution in [0.4, 0.5) is 5.82 Å². The van der Waals surface area contributed by atoms with Crippen LogP contribution in [0, 0.1) is 0 Å². The fourth-order valence-electron chi connectivity index (χ4n) is 1.25. The second-order valence-electron chi connectivity index (χ2n) is 3.18. The molecule has 0 amide bonds. The lowest BCUT2D eigenvalue weighted by molar-refractivity contribution is 0.768. The van der Waals surface area contributed by atoms with Gasteiger partial charge in [-0.1, -0.05) is 17.7 Å². The van der Waals surface area contributed by atoms with Crippen molar-refractivity contribution >= 4 is 17.4 Å². The number of halogens is 1. The van der Waals surface area contributed by atoms with Crippen molar-refractivity contribution in [1.29, 1.82) is 0 Å². The molecule has 0 fully saturated rings. The number of hydrogen-bond acceptors (Lipinski definition) is 3. The summed E-state index contributed by atoms with van der Waals surface area (Å²) in [4.78, 5) is 4.00. The van der Waals surface area contributed by atoms with Crippen LogP contribution in [0.25, 0.3) is 0 Å². The minimum Gasteiger partial charge on any atom is -0.364 e. The quantitative estimate of drug-likeness (QED) is 0.809. The normalized spacial score (nSPS) is 10.3. The Morgan fingerprint density at radius 1 is 1.47 bits per heavy atom. The minimum atomic E-state index is 0.529. The van der Waals surface area contributed by atoms with Crippen LogP contribution in [0.15, 0.2) is 30.6 Å². The van der Waals surface area contributed by atoms with Crippen LogP contribution in [0.2, 0.25) is 5.15 Å². The number of anilines is 1. The first kappa shape index (κ1) is 9.98. The molecule has 2 aromatic heterocycles. The van der Waals surface area contributed by atoms with Crippen molar-refractivity contribution in [3.8, 4) is 0 Å². The zero-order chi connectivity index (χ0) is 10.7. The molecule has 0 atom stereocenters. The predicted octanol–water partition coefficient (Wildman–Crippen LogP) is 2.08. The largest absolute Gasteiger partial charge is 0.364 e. The molecule has 0 radical (unpaired) electrons. The molecule has 0 aliphatic carbocycles. The van der Waals surface area contributed by atoms with Gasteiger partial charge in [0.15, 0.2) is 0 Å². The van der Waals surface area contributed by atoms with E-state index in [9.17, 15) is 0 Å². The summed E-state index contributed by atoms with van der Waals surface area (Å²) in [5, 5.41) is 7.89. The van der Waals surface area contributed by atoms with Crippen molar-refractivity contribution in [2.75, 3.05) is 5.32 Å². The molecule has 2 aromatic rings. The van der Waals surface area contributed by atoms with Gasteiger partial charge in [0, 0.05) is 37.6 Å². The third-order valence-electron chi connectivity index (χ3n) is 2.01. The first-order valence-electron chi connectivity index (χ1n) is 4.58. The number of aromatic nitrogens is 3. The van der Waals surface area contributed by atoms with E-state index >= 15 is 0 Å². The summed E-state index contributed by atoms with van der Waals surface area (Å²) in [6.45, 7) is 0.629. The van der Waals surface area contributed by atoms with Crippen molar-refractivity contribution in [1.82, 2.24) is 14.8 Å². The van der Waals surface area contributed by atoms with Gasteiger partial charge in [0.1, 0.15) is 11.0 Å². The van der Waals surface area contributed by atoms with Gasteiger partial charge in [-0.2, -0.15) is 5.10 Å². The Bertz CT molecular complexity index is 452. The molecule has 0 aliphatic heterocycles. The minimum absolute atomic E-state index is 0.529. The van der Waals surface area contributed by atoms with Crippen LogP contribution in [0.1, 0.15) is 5.56 Å². The first-order valence-corrected chi connectivity index (χ1v) is 4.96. The van der Waals surface area contributed by atoms with E-state index in [1.165, 1.54) is 0 Å². The highest BCUT2D eigenvalue weighted by Gasteiger charge is 2.00. The third kappa shape index (κ3) is 2.47. The van der Waals surface area contributed by atoms with Crippen molar-refractivity contribution in [2.45, 2.75) is 6.54 Å². The van der Waals surface area contributed by atoms with Gasteiger partial charge in [-0.05, 0) is 6.07 Å². The summed E-state index contributed by atoms with van der Waals surface area (Å²) >= 11 is 5.92. The van der Waals surface area contributed by atoms with Gasteiger partial charge in [0.05, 0.1) is 0 Å². The molecule has 2 heterocycles. The Kier molecular flexibility index (Phi) is 2.87. The number of aryl methyl sites for hydroxylation is 1. The first-order chi connectivity index (χ1) is 7.25. The average molecular weight is 223 g/mol. The van der Waals surface area contributed by atoms with Crippen LogP contribution in [0.3, 0.4) is 0 Å². The molecule has 5 heteroatoms. The Morgan fingerprint density at radius 3 is 3.00 bits per heavy atom. The number of nitrogens with zero attached hydrogens (tertiary/aromatic N) is 3. The van der Waals surface area contributed by atoms with E-state index in [2.05, 4.69) is 15.4 Å². The fourth-order valence-corrected chi connectivity index (χ4v) is 1.43. The maximum Gasteiger partial charge on any atom is 0.148 e. The lowest BCUT2D eigenvalue weighted by Crippen LogP contribution is -2.01. The van der Waals surface area contributed by atoms with Crippen LogP contribution >= 0.6 is 11.6 Å². The molecule has 0 spiro atoms. The van der Waals surface area contributed by atoms with E-state index in [0.29, 0.717) is 11.7 Å². The maximum atomic E-state index is 5.92. The van der Waals surface area contributed by atoms with Crippen molar-refractivity contribution in [3.05, 3.63) is 41.3 Å². The number of hydrogen-bond donors (Lipinski definition) is 1. The summed E-state index contributed by atoms with van der Waals surface area (Å²) in [5.74, 6) is 0.831. The highest BCUT2D eigenvalue weighted by Crippen LogP contribution is 2.13. The van der Waals surface area contributed by atoms with Gasteiger partial charge >= 0.3 is 0 Å². The van der Waals surface area contributed by atoms with Crippen molar-refractivity contribution in [3.63, 3.8) is 0 Å². The number of rotatable bonds is 3. The second-order valence-corrected chi connectivity index (χ2v) is 3.54. The van der Waals surface area contributed by atoms with E-state index < -0.39 is 0 Å². The number of nitrogens with one attached hydrogen (secondary N) is 1. The van der Waals surface area contributed by atoms with Crippen molar-refractivity contribution in [2.24, 2.45) is 7.05 Å². The van der Waals surface area contributed by atoms with Gasteiger partial charge in [0.25, 0.3) is 0 Å². The third-order valence-corrected chi connectivity index (χ3v) is 2.35. The summed E-state index contributed by atoms with van der Waals surface area (Å²) < 4.78 is 1.74. The zero-order valence-electron chi connectivity index (χ0n) is 8.31. The summed E-state index contributed by atoms with van der Waals surface area (Å²) in [5.41, 5.74) is 0.963. The van der Waals surface area contributed by atoms with E-state index in [0.717, 1.165) is 11.4 Å². The van der Waals surface area contributed by atoms with Crippen molar-refractivity contribution < 1.29 is 0 Å². The van der Waals surface area contributed by atoms with Gasteiger partial charge in [-0.3, -0.25) is 4.68 Å². The summed E-state index contributed by atoms with van der Waals surface area (Å²) in [7, 11) is 1.88. The molecule has 0 bridgehead atoms. The fraction of sp³-hybridized carbons (Fsp3) is 0.200. The lowest BCUT2D eigenvalue weighted by atomic mass is 10.3. The summed E-state index contributed by atoms with van der Waals surface area (Å²) in [6.07, 6.45) is 3.56. The molecule has 1 N–H and O–H groups in total. The molecule has 15 heavy (non-hydrogen) atoms.